The molecular formula is C44H36. The minimum atomic E-state index is 0.356. The summed E-state index contributed by atoms with van der Waals surface area (Å²) in [6.07, 6.45) is 18.8. The zero-order valence-electron chi connectivity index (χ0n) is 25.2. The average Bonchev–Trinajstić information content (AvgIpc) is 3.07. The Morgan fingerprint density at radius 3 is 2.32 bits per heavy atom. The van der Waals surface area contributed by atoms with Crippen molar-refractivity contribution in [1.29, 1.82) is 0 Å². The molecule has 212 valence electrons. The molecule has 0 saturated carbocycles. The Bertz CT molecular complexity index is 2210. The van der Waals surface area contributed by atoms with E-state index in [1.807, 2.05) is 12.2 Å². The molecular weight excluding hydrogens is 528 g/mol. The third-order valence-electron chi connectivity index (χ3n) is 9.29. The molecule has 0 spiro atoms. The SMILES string of the molecule is C=Cc1c(C=C)c(-c2cccc3ccccc23)c2ccccc2c1C(=C)C=c1cc(C2C=CC3=C(C=CCC3)C2)ccc1=C. The normalized spacial score (nSPS) is 16.4. The Morgan fingerprint density at radius 1 is 0.750 bits per heavy atom. The van der Waals surface area contributed by atoms with Crippen LogP contribution in [0.3, 0.4) is 0 Å². The Hall–Kier alpha value is -5.20. The minimum Gasteiger partial charge on any atom is -0.0984 e. The van der Waals surface area contributed by atoms with Gasteiger partial charge >= 0.3 is 0 Å². The van der Waals surface area contributed by atoms with Gasteiger partial charge in [-0.15, -0.1) is 0 Å². The molecule has 0 nitrogen and oxygen atoms in total. The van der Waals surface area contributed by atoms with Crippen LogP contribution in [0.4, 0.5) is 0 Å². The molecule has 0 bridgehead atoms. The molecule has 0 heterocycles. The van der Waals surface area contributed by atoms with Gasteiger partial charge in [0.1, 0.15) is 0 Å². The molecule has 1 unspecified atom stereocenters. The fourth-order valence-electron chi connectivity index (χ4n) is 7.11. The molecule has 2 aliphatic carbocycles. The van der Waals surface area contributed by atoms with Crippen molar-refractivity contribution in [3.63, 3.8) is 0 Å². The van der Waals surface area contributed by atoms with Crippen LogP contribution in [0, 0.1) is 0 Å². The van der Waals surface area contributed by atoms with E-state index >= 15 is 0 Å². The highest BCUT2D eigenvalue weighted by Crippen LogP contribution is 2.43. The fourth-order valence-corrected chi connectivity index (χ4v) is 7.11. The Labute approximate surface area is 260 Å². The predicted octanol–water partition coefficient (Wildman–Crippen LogP) is 10.5. The molecule has 0 aliphatic heterocycles. The van der Waals surface area contributed by atoms with Crippen LogP contribution in [0.25, 0.3) is 63.1 Å². The van der Waals surface area contributed by atoms with E-state index in [0.717, 1.165) is 57.3 Å². The van der Waals surface area contributed by atoms with E-state index in [1.54, 1.807) is 0 Å². The van der Waals surface area contributed by atoms with Crippen molar-refractivity contribution < 1.29 is 0 Å². The summed E-state index contributed by atoms with van der Waals surface area (Å²) < 4.78 is 0. The third kappa shape index (κ3) is 4.74. The Kier molecular flexibility index (Phi) is 7.20. The van der Waals surface area contributed by atoms with Gasteiger partial charge in [-0.25, -0.2) is 0 Å². The maximum atomic E-state index is 4.65. The van der Waals surface area contributed by atoms with E-state index in [9.17, 15) is 0 Å². The van der Waals surface area contributed by atoms with Crippen LogP contribution < -0.4 is 10.4 Å². The van der Waals surface area contributed by atoms with Crippen molar-refractivity contribution in [1.82, 2.24) is 0 Å². The van der Waals surface area contributed by atoms with E-state index in [2.05, 4.69) is 142 Å². The van der Waals surface area contributed by atoms with Gasteiger partial charge in [0.25, 0.3) is 0 Å². The summed E-state index contributed by atoms with van der Waals surface area (Å²) in [7, 11) is 0. The van der Waals surface area contributed by atoms with Gasteiger partial charge in [0.15, 0.2) is 0 Å². The molecule has 0 radical (unpaired) electrons. The lowest BCUT2D eigenvalue weighted by Gasteiger charge is -2.23. The third-order valence-corrected chi connectivity index (χ3v) is 9.29. The summed E-state index contributed by atoms with van der Waals surface area (Å²) in [4.78, 5) is 0. The van der Waals surface area contributed by atoms with Crippen LogP contribution in [-0.4, -0.2) is 0 Å². The largest absolute Gasteiger partial charge is 0.0984 e. The summed E-state index contributed by atoms with van der Waals surface area (Å²) in [5.41, 5.74) is 10.8. The van der Waals surface area contributed by atoms with E-state index in [-0.39, 0.29) is 0 Å². The van der Waals surface area contributed by atoms with E-state index < -0.39 is 0 Å². The molecule has 7 rings (SSSR count). The lowest BCUT2D eigenvalue weighted by Crippen LogP contribution is -2.24. The zero-order valence-corrected chi connectivity index (χ0v) is 25.2. The first kappa shape index (κ1) is 27.6. The first-order valence-electron chi connectivity index (χ1n) is 15.5. The monoisotopic (exact) mass is 564 g/mol. The first-order valence-corrected chi connectivity index (χ1v) is 15.5. The summed E-state index contributed by atoms with van der Waals surface area (Å²) in [5.74, 6) is 0.356. The smallest absolute Gasteiger partial charge is 0.00619 e. The van der Waals surface area contributed by atoms with Crippen LogP contribution in [0.2, 0.25) is 0 Å². The maximum absolute atomic E-state index is 4.65. The molecule has 0 aromatic heterocycles. The molecule has 0 fully saturated rings. The quantitative estimate of drug-likeness (QED) is 0.192. The van der Waals surface area contributed by atoms with Gasteiger partial charge in [-0.3, -0.25) is 0 Å². The molecule has 0 amide bonds. The minimum absolute atomic E-state index is 0.356. The summed E-state index contributed by atoms with van der Waals surface area (Å²) in [6.45, 7) is 17.6. The van der Waals surface area contributed by atoms with Gasteiger partial charge in [-0.2, -0.15) is 0 Å². The maximum Gasteiger partial charge on any atom is 0.00619 e. The second kappa shape index (κ2) is 11.5. The highest BCUT2D eigenvalue weighted by molar-refractivity contribution is 6.15. The second-order valence-corrected chi connectivity index (χ2v) is 11.8. The van der Waals surface area contributed by atoms with Crippen LogP contribution in [0.15, 0.2) is 140 Å². The molecule has 5 aromatic rings. The molecule has 2 aliphatic rings. The van der Waals surface area contributed by atoms with Gasteiger partial charge < -0.3 is 0 Å². The topological polar surface area (TPSA) is 0 Å². The van der Waals surface area contributed by atoms with Crippen molar-refractivity contribution in [3.05, 3.63) is 173 Å². The average molecular weight is 565 g/mol. The summed E-state index contributed by atoms with van der Waals surface area (Å²) in [5, 5.41) is 6.85. The lowest BCUT2D eigenvalue weighted by molar-refractivity contribution is 0.790. The number of benzene rings is 5. The van der Waals surface area contributed by atoms with Crippen molar-refractivity contribution in [3.8, 4) is 11.1 Å². The highest BCUT2D eigenvalue weighted by Gasteiger charge is 2.21. The number of fused-ring (bicyclic) bond motifs is 2. The van der Waals surface area contributed by atoms with E-state index in [1.165, 1.54) is 44.0 Å². The van der Waals surface area contributed by atoms with Crippen LogP contribution in [0.1, 0.15) is 47.4 Å². The zero-order chi connectivity index (χ0) is 30.2. The highest BCUT2D eigenvalue weighted by atomic mass is 14.2. The predicted molar refractivity (Wildman–Crippen MR) is 194 cm³/mol. The number of allylic oxidation sites excluding steroid dienone is 7. The van der Waals surface area contributed by atoms with Crippen molar-refractivity contribution in [2.24, 2.45) is 0 Å². The Balaban J connectivity index is 1.39. The molecule has 44 heavy (non-hydrogen) atoms. The number of hydrogen-bond donors (Lipinski definition) is 0. The Morgan fingerprint density at radius 2 is 1.50 bits per heavy atom. The van der Waals surface area contributed by atoms with Gasteiger partial charge in [-0.05, 0) is 107 Å². The van der Waals surface area contributed by atoms with Gasteiger partial charge in [-0.1, -0.05) is 148 Å². The standard InChI is InChI=1S/C44H36/c1-5-37-38(6-2)44(40-21-13-17-32-15-9-10-18-39(32)40)42-20-12-11-19-41(42)43(37)30(4)26-36-28-34(23-22-29(36)3)35-25-24-31-14-7-8-16-33(31)27-35/h5-6,8-13,15-26,28,35H,1-4,7,14,27H2. The van der Waals surface area contributed by atoms with Gasteiger partial charge in [0.2, 0.25) is 0 Å². The molecule has 5 aromatic carbocycles. The van der Waals surface area contributed by atoms with Crippen LogP contribution in [-0.2, 0) is 0 Å². The van der Waals surface area contributed by atoms with E-state index in [4.69, 9.17) is 0 Å². The molecule has 0 heteroatoms. The number of hydrogen-bond acceptors (Lipinski definition) is 0. The van der Waals surface area contributed by atoms with Crippen molar-refractivity contribution >= 4 is 51.9 Å². The fraction of sp³-hybridized carbons (Fsp3) is 0.0909. The van der Waals surface area contributed by atoms with Crippen molar-refractivity contribution in [2.75, 3.05) is 0 Å². The van der Waals surface area contributed by atoms with Crippen molar-refractivity contribution in [2.45, 2.75) is 25.2 Å². The number of rotatable bonds is 6. The van der Waals surface area contributed by atoms with Gasteiger partial charge in [0.05, 0.1) is 0 Å². The summed E-state index contributed by atoms with van der Waals surface area (Å²) >= 11 is 0. The second-order valence-electron chi connectivity index (χ2n) is 11.8. The van der Waals surface area contributed by atoms with Gasteiger partial charge in [0, 0.05) is 5.92 Å². The lowest BCUT2D eigenvalue weighted by atomic mass is 9.81. The van der Waals surface area contributed by atoms with Crippen LogP contribution >= 0.6 is 0 Å². The molecule has 1 atom stereocenters. The first-order chi connectivity index (χ1) is 21.6. The van der Waals surface area contributed by atoms with Crippen LogP contribution in [0.5, 0.6) is 0 Å². The molecule has 0 saturated heterocycles. The molecule has 0 N–H and O–H groups in total. The summed E-state index contributed by atoms with van der Waals surface area (Å²) in [6, 6.07) is 30.4. The van der Waals surface area contributed by atoms with E-state index in [0.29, 0.717) is 5.92 Å².